The summed E-state index contributed by atoms with van der Waals surface area (Å²) in [5.74, 6) is 0.487. The van der Waals surface area contributed by atoms with E-state index in [1.165, 1.54) is 38.5 Å². The van der Waals surface area contributed by atoms with Crippen molar-refractivity contribution in [2.24, 2.45) is 16.7 Å². The molecule has 254 valence electrons. The summed E-state index contributed by atoms with van der Waals surface area (Å²) in [5, 5.41) is 2.29. The van der Waals surface area contributed by atoms with E-state index in [1.807, 2.05) is 29.7 Å². The van der Waals surface area contributed by atoms with Gasteiger partial charge in [0.25, 0.3) is 11.8 Å². The van der Waals surface area contributed by atoms with Crippen LogP contribution in [0.25, 0.3) is 0 Å². The van der Waals surface area contributed by atoms with Crippen molar-refractivity contribution in [2.45, 2.75) is 60.6 Å². The van der Waals surface area contributed by atoms with Crippen LogP contribution in [-0.4, -0.2) is 74.0 Å². The van der Waals surface area contributed by atoms with Gasteiger partial charge in [-0.15, -0.1) is 0 Å². The van der Waals surface area contributed by atoms with E-state index in [4.69, 9.17) is 14.3 Å². The van der Waals surface area contributed by atoms with Crippen molar-refractivity contribution in [2.75, 3.05) is 32.9 Å². The maximum Gasteiger partial charge on any atom is 0.337 e. The lowest BCUT2D eigenvalue weighted by atomic mass is 9.96. The Morgan fingerprint density at radius 3 is 1.89 bits per heavy atom. The van der Waals surface area contributed by atoms with Crippen LogP contribution in [0, 0.1) is 28.6 Å². The van der Waals surface area contributed by atoms with E-state index in [0.29, 0.717) is 5.56 Å². The number of hydrogen-bond donors (Lipinski definition) is 2. The molecule has 0 aromatic heterocycles. The lowest BCUT2D eigenvalue weighted by molar-refractivity contribution is -0.168. The number of carbonyl (C=O) groups is 4. The molecule has 0 saturated carbocycles. The quantitative estimate of drug-likeness (QED) is 0.235. The second-order valence-electron chi connectivity index (χ2n) is 13.3. The predicted molar refractivity (Wildman–Crippen MR) is 170 cm³/mol. The van der Waals surface area contributed by atoms with Gasteiger partial charge < -0.3 is 19.6 Å². The van der Waals surface area contributed by atoms with E-state index in [2.05, 4.69) is 22.1 Å². The Labute approximate surface area is 274 Å². The average molecular weight is 656 g/mol. The average Bonchev–Trinajstić information content (AvgIpc) is 3.02. The molecule has 10 nitrogen and oxygen atoms in total. The minimum absolute atomic E-state index is 0.0622. The van der Waals surface area contributed by atoms with Crippen LogP contribution in [0.3, 0.4) is 0 Å². The van der Waals surface area contributed by atoms with Gasteiger partial charge in [-0.1, -0.05) is 24.0 Å². The normalized spacial score (nSPS) is 15.1. The molecule has 2 aromatic carbocycles. The van der Waals surface area contributed by atoms with Crippen molar-refractivity contribution in [3.63, 3.8) is 0 Å². The highest BCUT2D eigenvalue weighted by molar-refractivity contribution is 5.97. The first-order chi connectivity index (χ1) is 22.0. The summed E-state index contributed by atoms with van der Waals surface area (Å²) in [4.78, 5) is 57.7. The lowest BCUT2D eigenvalue weighted by Crippen LogP contribution is -2.54. The standard InChI is InChI=1S/C35H43F2N3O7/c1-34(2,3)32(43)46-22-27(29(36)37)28(31(42)39-47-33(44)35(4,5)6)38-30(41)26-15-13-24(14-16-26)8-7-23-9-11-25(12-10-23)21-40-17-19-45-20-18-40/h9-16,27-29H,17-22H2,1-6H3,(H,38,41)(H,39,42)/t27-,28+/m1/s1. The number of hydrogen-bond acceptors (Lipinski definition) is 8. The summed E-state index contributed by atoms with van der Waals surface area (Å²) in [5.41, 5.74) is 2.51. The first-order valence-corrected chi connectivity index (χ1v) is 15.3. The fourth-order valence-corrected chi connectivity index (χ4v) is 4.17. The van der Waals surface area contributed by atoms with Gasteiger partial charge in [-0.25, -0.2) is 13.6 Å². The van der Waals surface area contributed by atoms with Crippen LogP contribution < -0.4 is 10.8 Å². The van der Waals surface area contributed by atoms with E-state index in [-0.39, 0.29) is 5.56 Å². The van der Waals surface area contributed by atoms with Crippen molar-refractivity contribution >= 4 is 23.8 Å². The maximum atomic E-state index is 14.3. The molecule has 0 bridgehead atoms. The van der Waals surface area contributed by atoms with Crippen molar-refractivity contribution in [3.8, 4) is 11.8 Å². The molecule has 1 saturated heterocycles. The van der Waals surface area contributed by atoms with Crippen LogP contribution in [0.1, 0.15) is 68.6 Å². The van der Waals surface area contributed by atoms with Crippen LogP contribution in [0.2, 0.25) is 0 Å². The molecule has 1 aliphatic rings. The summed E-state index contributed by atoms with van der Waals surface area (Å²) in [6.45, 7) is 12.5. The van der Waals surface area contributed by atoms with Gasteiger partial charge in [-0.3, -0.25) is 19.3 Å². The molecule has 2 amide bonds. The molecular formula is C35H43F2N3O7. The van der Waals surface area contributed by atoms with Gasteiger partial charge in [-0.05, 0) is 83.5 Å². The number of rotatable bonds is 9. The number of carbonyl (C=O) groups excluding carboxylic acids is 4. The molecule has 0 aliphatic carbocycles. The Kier molecular flexibility index (Phi) is 13.0. The van der Waals surface area contributed by atoms with Crippen molar-refractivity contribution in [1.82, 2.24) is 15.7 Å². The van der Waals surface area contributed by atoms with E-state index < -0.39 is 59.6 Å². The Morgan fingerprint density at radius 1 is 0.851 bits per heavy atom. The second kappa shape index (κ2) is 16.5. The molecule has 1 aliphatic heterocycles. The number of alkyl halides is 2. The number of benzene rings is 2. The molecule has 2 aromatic rings. The second-order valence-corrected chi connectivity index (χ2v) is 13.3. The van der Waals surface area contributed by atoms with Gasteiger partial charge in [0.2, 0.25) is 6.43 Å². The number of esters is 1. The highest BCUT2D eigenvalue weighted by Crippen LogP contribution is 2.21. The molecule has 1 heterocycles. The van der Waals surface area contributed by atoms with Crippen LogP contribution in [0.4, 0.5) is 8.78 Å². The zero-order chi connectivity index (χ0) is 34.8. The topological polar surface area (TPSA) is 123 Å². The Hall–Kier alpha value is -4.34. The fraction of sp³-hybridized carbons (Fsp3) is 0.486. The monoisotopic (exact) mass is 655 g/mol. The van der Waals surface area contributed by atoms with Crippen LogP contribution >= 0.6 is 0 Å². The maximum absolute atomic E-state index is 14.3. The molecule has 1 fully saturated rings. The van der Waals surface area contributed by atoms with E-state index in [1.54, 1.807) is 32.9 Å². The molecule has 47 heavy (non-hydrogen) atoms. The molecule has 2 atom stereocenters. The number of hydroxylamine groups is 1. The van der Waals surface area contributed by atoms with Crippen molar-refractivity contribution in [3.05, 3.63) is 70.8 Å². The van der Waals surface area contributed by atoms with Gasteiger partial charge in [0.05, 0.1) is 30.0 Å². The minimum Gasteiger partial charge on any atom is -0.465 e. The molecular weight excluding hydrogens is 612 g/mol. The van der Waals surface area contributed by atoms with E-state index in [9.17, 15) is 28.0 Å². The number of nitrogens with zero attached hydrogens (tertiary/aromatic N) is 1. The Morgan fingerprint density at radius 2 is 1.38 bits per heavy atom. The first kappa shape index (κ1) is 37.1. The third-order valence-corrected chi connectivity index (χ3v) is 7.16. The number of halogens is 2. The van der Waals surface area contributed by atoms with Gasteiger partial charge in [-0.2, -0.15) is 5.48 Å². The van der Waals surface area contributed by atoms with Crippen molar-refractivity contribution < 1.29 is 42.3 Å². The Bertz CT molecular complexity index is 1450. The fourth-order valence-electron chi connectivity index (χ4n) is 4.17. The van der Waals surface area contributed by atoms with Crippen LogP contribution in [0.15, 0.2) is 48.5 Å². The summed E-state index contributed by atoms with van der Waals surface area (Å²) in [6.07, 6.45) is -3.19. The zero-order valence-electron chi connectivity index (χ0n) is 27.7. The third kappa shape index (κ3) is 11.8. The first-order valence-electron chi connectivity index (χ1n) is 15.3. The highest BCUT2D eigenvalue weighted by atomic mass is 19.3. The lowest BCUT2D eigenvalue weighted by Gasteiger charge is -2.27. The summed E-state index contributed by atoms with van der Waals surface area (Å²) >= 11 is 0. The van der Waals surface area contributed by atoms with Gasteiger partial charge in [0.15, 0.2) is 0 Å². The van der Waals surface area contributed by atoms with Crippen LogP contribution in [-0.2, 0) is 35.2 Å². The molecule has 0 radical (unpaired) electrons. The molecule has 0 unspecified atom stereocenters. The number of nitrogens with one attached hydrogen (secondary N) is 2. The number of amides is 2. The zero-order valence-corrected chi connectivity index (χ0v) is 27.7. The summed E-state index contributed by atoms with van der Waals surface area (Å²) in [6, 6.07) is 12.1. The third-order valence-electron chi connectivity index (χ3n) is 7.16. The van der Waals surface area contributed by atoms with Crippen molar-refractivity contribution in [1.29, 1.82) is 0 Å². The molecule has 2 N–H and O–H groups in total. The van der Waals surface area contributed by atoms with E-state index in [0.717, 1.165) is 38.4 Å². The minimum atomic E-state index is -3.19. The molecule has 0 spiro atoms. The Balaban J connectivity index is 1.71. The summed E-state index contributed by atoms with van der Waals surface area (Å²) in [7, 11) is 0. The van der Waals surface area contributed by atoms with Gasteiger partial charge in [0.1, 0.15) is 12.6 Å². The summed E-state index contributed by atoms with van der Waals surface area (Å²) < 4.78 is 39.0. The largest absolute Gasteiger partial charge is 0.465 e. The smallest absolute Gasteiger partial charge is 0.337 e. The molecule has 3 rings (SSSR count). The van der Waals surface area contributed by atoms with E-state index >= 15 is 0 Å². The predicted octanol–water partition coefficient (Wildman–Crippen LogP) is 4.11. The molecule has 12 heteroatoms. The number of ether oxygens (including phenoxy) is 2. The SMILES string of the molecule is CC(C)(C)C(=O)OC[C@@H](C(F)F)[C@H](NC(=O)c1ccc(C#Cc2ccc(CN3CCOCC3)cc2)cc1)C(=O)NOC(=O)C(C)(C)C. The van der Waals surface area contributed by atoms with Gasteiger partial charge >= 0.3 is 11.9 Å². The van der Waals surface area contributed by atoms with Crippen LogP contribution in [0.5, 0.6) is 0 Å². The van der Waals surface area contributed by atoms with Gasteiger partial charge in [0, 0.05) is 36.3 Å². The number of morpholine rings is 1. The highest BCUT2D eigenvalue weighted by Gasteiger charge is 2.39.